The molecule has 3 heterocycles. The number of H-pyrrole nitrogens is 1. The maximum Gasteiger partial charge on any atom is 0.244 e. The average Bonchev–Trinajstić information content (AvgIpc) is 2.90. The van der Waals surface area contributed by atoms with Gasteiger partial charge in [-0.1, -0.05) is 19.9 Å². The van der Waals surface area contributed by atoms with Crippen LogP contribution >= 0.6 is 0 Å². The van der Waals surface area contributed by atoms with Gasteiger partial charge in [-0.25, -0.2) is 0 Å². The van der Waals surface area contributed by atoms with Gasteiger partial charge in [0.2, 0.25) is 11.8 Å². The Labute approximate surface area is 122 Å². The Hall–Kier alpha value is -2.81. The molecule has 0 spiro atoms. The molecular weight excluding hydrogens is 266 g/mol. The summed E-state index contributed by atoms with van der Waals surface area (Å²) in [6.45, 7) is 4.11. The van der Waals surface area contributed by atoms with Gasteiger partial charge in [0.1, 0.15) is 11.6 Å². The van der Waals surface area contributed by atoms with Gasteiger partial charge in [-0.3, -0.25) is 10.1 Å². The number of nitrogens with two attached hydrogens (primary N) is 1. The Morgan fingerprint density at radius 2 is 2.29 bits per heavy atom. The summed E-state index contributed by atoms with van der Waals surface area (Å²) in [5.41, 5.74) is 8.97. The van der Waals surface area contributed by atoms with Gasteiger partial charge >= 0.3 is 0 Å². The second kappa shape index (κ2) is 4.94. The number of nitriles is 1. The first kappa shape index (κ1) is 13.2. The number of aromatic nitrogens is 3. The van der Waals surface area contributed by atoms with Crippen LogP contribution in [-0.4, -0.2) is 15.2 Å². The summed E-state index contributed by atoms with van der Waals surface area (Å²) in [5, 5.41) is 16.6. The van der Waals surface area contributed by atoms with Gasteiger partial charge < -0.3 is 10.5 Å². The molecular formula is C15H15N5O. The monoisotopic (exact) mass is 281 g/mol. The summed E-state index contributed by atoms with van der Waals surface area (Å²) in [7, 11) is 0. The quantitative estimate of drug-likeness (QED) is 0.878. The third-order valence-electron chi connectivity index (χ3n) is 3.56. The van der Waals surface area contributed by atoms with Crippen molar-refractivity contribution in [1.29, 1.82) is 5.26 Å². The van der Waals surface area contributed by atoms with Crippen molar-refractivity contribution in [2.75, 3.05) is 0 Å². The fourth-order valence-electron chi connectivity index (χ4n) is 2.59. The minimum Gasteiger partial charge on any atom is -0.420 e. The fraction of sp³-hybridized carbons (Fsp3) is 0.267. The molecule has 1 aliphatic heterocycles. The molecule has 3 N–H and O–H groups in total. The maximum absolute atomic E-state index is 9.47. The summed E-state index contributed by atoms with van der Waals surface area (Å²) in [6.07, 6.45) is 3.43. The topological polar surface area (TPSA) is 101 Å². The van der Waals surface area contributed by atoms with Gasteiger partial charge in [-0.2, -0.15) is 5.26 Å². The molecule has 6 nitrogen and oxygen atoms in total. The Balaban J connectivity index is 2.25. The minimum absolute atomic E-state index is 0.0978. The van der Waals surface area contributed by atoms with Crippen LogP contribution in [0.15, 0.2) is 36.0 Å². The van der Waals surface area contributed by atoms with E-state index in [0.717, 1.165) is 16.8 Å². The number of aromatic amines is 1. The third kappa shape index (κ3) is 2.03. The van der Waals surface area contributed by atoms with Crippen molar-refractivity contribution in [1.82, 2.24) is 15.2 Å². The number of pyridine rings is 1. The molecule has 1 atom stereocenters. The van der Waals surface area contributed by atoms with Crippen molar-refractivity contribution in [2.45, 2.75) is 25.7 Å². The smallest absolute Gasteiger partial charge is 0.244 e. The summed E-state index contributed by atoms with van der Waals surface area (Å²) < 4.78 is 5.49. The highest BCUT2D eigenvalue weighted by Crippen LogP contribution is 2.43. The number of hydrogen-bond acceptors (Lipinski definition) is 5. The van der Waals surface area contributed by atoms with Crippen LogP contribution in [0.3, 0.4) is 0 Å². The molecule has 0 unspecified atom stereocenters. The second-order valence-corrected chi connectivity index (χ2v) is 5.22. The molecule has 0 aliphatic carbocycles. The number of allylic oxidation sites excluding steroid dienone is 1. The van der Waals surface area contributed by atoms with Gasteiger partial charge in [0, 0.05) is 18.1 Å². The summed E-state index contributed by atoms with van der Waals surface area (Å²) in [4.78, 5) is 4.14. The third-order valence-corrected chi connectivity index (χ3v) is 3.56. The van der Waals surface area contributed by atoms with Crippen molar-refractivity contribution in [3.63, 3.8) is 0 Å². The van der Waals surface area contributed by atoms with E-state index in [1.165, 1.54) is 0 Å². The van der Waals surface area contributed by atoms with Crippen LogP contribution in [0, 0.1) is 11.3 Å². The molecule has 6 heteroatoms. The first-order chi connectivity index (χ1) is 10.1. The zero-order valence-corrected chi connectivity index (χ0v) is 11.8. The number of nitrogens with zero attached hydrogens (tertiary/aromatic N) is 3. The molecule has 21 heavy (non-hydrogen) atoms. The lowest BCUT2D eigenvalue weighted by Gasteiger charge is -2.24. The normalized spacial score (nSPS) is 17.3. The van der Waals surface area contributed by atoms with E-state index in [0.29, 0.717) is 11.5 Å². The number of rotatable bonds is 2. The van der Waals surface area contributed by atoms with Crippen LogP contribution in [-0.2, 0) is 0 Å². The van der Waals surface area contributed by atoms with Gasteiger partial charge in [-0.05, 0) is 17.5 Å². The predicted octanol–water partition coefficient (Wildman–Crippen LogP) is 2.15. The van der Waals surface area contributed by atoms with Gasteiger partial charge in [0.15, 0.2) is 0 Å². The first-order valence-corrected chi connectivity index (χ1v) is 6.69. The summed E-state index contributed by atoms with van der Waals surface area (Å²) in [6, 6.07) is 5.92. The molecule has 3 rings (SSSR count). The lowest BCUT2D eigenvalue weighted by molar-refractivity contribution is 0.378. The highest BCUT2D eigenvalue weighted by molar-refractivity contribution is 5.55. The van der Waals surface area contributed by atoms with Crippen molar-refractivity contribution in [2.24, 2.45) is 5.73 Å². The van der Waals surface area contributed by atoms with Crippen LogP contribution < -0.4 is 10.5 Å². The van der Waals surface area contributed by atoms with Crippen LogP contribution in [0.1, 0.15) is 42.5 Å². The van der Waals surface area contributed by atoms with E-state index in [2.05, 4.69) is 35.1 Å². The summed E-state index contributed by atoms with van der Waals surface area (Å²) >= 11 is 0. The van der Waals surface area contributed by atoms with Crippen molar-refractivity contribution >= 4 is 0 Å². The van der Waals surface area contributed by atoms with Crippen molar-refractivity contribution in [3.05, 3.63) is 52.8 Å². The Kier molecular flexibility index (Phi) is 3.10. The second-order valence-electron chi connectivity index (χ2n) is 5.22. The molecule has 0 fully saturated rings. The highest BCUT2D eigenvalue weighted by atomic mass is 16.5. The molecule has 1 aliphatic rings. The number of hydrogen-bond donors (Lipinski definition) is 2. The van der Waals surface area contributed by atoms with Crippen molar-refractivity contribution in [3.8, 4) is 11.9 Å². The Morgan fingerprint density at radius 3 is 2.90 bits per heavy atom. The van der Waals surface area contributed by atoms with Gasteiger partial charge in [0.25, 0.3) is 0 Å². The largest absolute Gasteiger partial charge is 0.420 e. The van der Waals surface area contributed by atoms with Crippen LogP contribution in [0.4, 0.5) is 0 Å². The van der Waals surface area contributed by atoms with Crippen LogP contribution in [0.5, 0.6) is 5.88 Å². The molecule has 0 amide bonds. The maximum atomic E-state index is 9.47. The number of nitrogens with one attached hydrogen (secondary N) is 1. The standard InChI is InChI=1S/C15H15N5O/c1-8(2)13-12-11(9-4-3-5-18-7-9)10(6-16)14(17)21-15(12)20-19-13/h3-5,7-8,11H,17H2,1-2H3,(H,19,20)/t11-/m0/s1. The fourth-order valence-corrected chi connectivity index (χ4v) is 2.59. The van der Waals surface area contributed by atoms with E-state index in [-0.39, 0.29) is 17.7 Å². The molecule has 106 valence electrons. The number of ether oxygens (including phenoxy) is 1. The van der Waals surface area contributed by atoms with Crippen molar-refractivity contribution < 1.29 is 4.74 Å². The van der Waals surface area contributed by atoms with E-state index in [1.807, 2.05) is 12.1 Å². The highest BCUT2D eigenvalue weighted by Gasteiger charge is 2.35. The van der Waals surface area contributed by atoms with Crippen LogP contribution in [0.2, 0.25) is 0 Å². The Morgan fingerprint density at radius 1 is 1.48 bits per heavy atom. The van der Waals surface area contributed by atoms with E-state index in [1.54, 1.807) is 12.4 Å². The average molecular weight is 281 g/mol. The minimum atomic E-state index is -0.302. The SMILES string of the molecule is CC(C)c1[nH]nc2c1[C@@H](c1cccnc1)C(C#N)=C(N)O2. The van der Waals surface area contributed by atoms with E-state index in [4.69, 9.17) is 10.5 Å². The summed E-state index contributed by atoms with van der Waals surface area (Å²) in [5.74, 6) is 0.455. The first-order valence-electron chi connectivity index (χ1n) is 6.69. The molecule has 2 aromatic rings. The number of fused-ring (bicyclic) bond motifs is 1. The molecule has 0 aromatic carbocycles. The molecule has 0 saturated carbocycles. The molecule has 0 bridgehead atoms. The molecule has 0 radical (unpaired) electrons. The lowest BCUT2D eigenvalue weighted by atomic mass is 9.83. The van der Waals surface area contributed by atoms with E-state index >= 15 is 0 Å². The molecule has 0 saturated heterocycles. The van der Waals surface area contributed by atoms with Gasteiger partial charge in [0.05, 0.1) is 11.5 Å². The predicted molar refractivity (Wildman–Crippen MR) is 76.2 cm³/mol. The van der Waals surface area contributed by atoms with Gasteiger partial charge in [-0.15, -0.1) is 5.10 Å². The van der Waals surface area contributed by atoms with E-state index < -0.39 is 0 Å². The van der Waals surface area contributed by atoms with E-state index in [9.17, 15) is 5.26 Å². The Bertz CT molecular complexity index is 739. The zero-order chi connectivity index (χ0) is 15.0. The molecule has 2 aromatic heterocycles. The lowest BCUT2D eigenvalue weighted by Crippen LogP contribution is -2.21. The van der Waals surface area contributed by atoms with Crippen LogP contribution in [0.25, 0.3) is 0 Å². The zero-order valence-electron chi connectivity index (χ0n) is 11.8.